The van der Waals surface area contributed by atoms with Gasteiger partial charge in [0.05, 0.1) is 19.1 Å². The first-order chi connectivity index (χ1) is 29.8. The standard InChI is InChI=1S/C27H35N5O7S.C18H28O3S/c1-40-12-11-21(27(38)39)32-26(37)22(14-17-5-3-2-4-6-17)31-24(35)16-29-23(34)15-30-25(36)20(28)13-18-7-9-19(33)10-8-18;1-3-4-5-6-7-8-11-22(19)15(2)12-16-9-10-17-18(13-16)21-14-20-17/h2-10,20-22,33H,11-16,28H2,1H3,(H,29,34)(H,30,36)(H,31,35)(H,32,37)(H,38,39);9-10,13,15H,3-8,11-12,14H2,1-2H3/t20-,21-,22-;/m0./s1. The number of fused-ring (bicyclic) bond motifs is 1. The molecule has 0 saturated heterocycles. The smallest absolute Gasteiger partial charge is 0.326 e. The van der Waals surface area contributed by atoms with E-state index in [0.717, 1.165) is 41.2 Å². The predicted octanol–water partition coefficient (Wildman–Crippen LogP) is 4.00. The fraction of sp³-hybridized carbons (Fsp3) is 0.489. The number of aromatic hydroxyl groups is 1. The van der Waals surface area contributed by atoms with Crippen LogP contribution in [0.3, 0.4) is 0 Å². The van der Waals surface area contributed by atoms with E-state index in [1.807, 2.05) is 24.5 Å². The van der Waals surface area contributed by atoms with Crippen molar-refractivity contribution < 1.29 is 48.2 Å². The Morgan fingerprint density at radius 3 is 2.11 bits per heavy atom. The molecule has 4 amide bonds. The third-order valence-corrected chi connectivity index (χ3v) is 12.3. The highest BCUT2D eigenvalue weighted by molar-refractivity contribution is 7.98. The first kappa shape index (κ1) is 51.4. The van der Waals surface area contributed by atoms with Crippen LogP contribution in [0.15, 0.2) is 72.8 Å². The van der Waals surface area contributed by atoms with Crippen molar-refractivity contribution in [1.82, 2.24) is 21.3 Å². The third-order valence-electron chi connectivity index (χ3n) is 9.87. The fourth-order valence-corrected chi connectivity index (χ4v) is 8.05. The number of phenols is 1. The normalized spacial score (nSPS) is 13.9. The molecule has 0 radical (unpaired) electrons. The summed E-state index contributed by atoms with van der Waals surface area (Å²) >= 11 is 0.704. The molecule has 340 valence electrons. The molecule has 3 aromatic rings. The summed E-state index contributed by atoms with van der Waals surface area (Å²) in [6.45, 7) is 3.73. The van der Waals surface area contributed by atoms with E-state index in [4.69, 9.17) is 15.2 Å². The van der Waals surface area contributed by atoms with Crippen LogP contribution < -0.4 is 36.5 Å². The Hall–Kier alpha value is -4.97. The zero-order chi connectivity index (χ0) is 45.3. The van der Waals surface area contributed by atoms with Gasteiger partial charge in [-0.05, 0) is 85.6 Å². The molecule has 17 heteroatoms. The van der Waals surface area contributed by atoms with E-state index in [2.05, 4.69) is 35.1 Å². The number of carboxylic acids is 1. The lowest BCUT2D eigenvalue weighted by molar-refractivity contribution is -0.142. The number of nitrogens with two attached hydrogens (primary N) is 1. The summed E-state index contributed by atoms with van der Waals surface area (Å²) in [6, 6.07) is 18.0. The van der Waals surface area contributed by atoms with Gasteiger partial charge in [0, 0.05) is 12.8 Å². The molecule has 0 aromatic heterocycles. The van der Waals surface area contributed by atoms with E-state index in [1.165, 1.54) is 61.6 Å². The van der Waals surface area contributed by atoms with E-state index in [9.17, 15) is 38.7 Å². The Labute approximate surface area is 372 Å². The van der Waals surface area contributed by atoms with Gasteiger partial charge in [-0.3, -0.25) is 19.2 Å². The lowest BCUT2D eigenvalue weighted by Gasteiger charge is -2.22. The summed E-state index contributed by atoms with van der Waals surface area (Å²) in [7, 11) is 0. The van der Waals surface area contributed by atoms with Crippen LogP contribution in [0.2, 0.25) is 0 Å². The van der Waals surface area contributed by atoms with Crippen LogP contribution in [0.25, 0.3) is 0 Å². The largest absolute Gasteiger partial charge is 0.616 e. The van der Waals surface area contributed by atoms with Crippen molar-refractivity contribution in [3.63, 3.8) is 0 Å². The zero-order valence-electron chi connectivity index (χ0n) is 35.9. The van der Waals surface area contributed by atoms with Gasteiger partial charge in [-0.25, -0.2) is 4.79 Å². The van der Waals surface area contributed by atoms with Crippen LogP contribution in [0.4, 0.5) is 0 Å². The molecule has 62 heavy (non-hydrogen) atoms. The summed E-state index contributed by atoms with van der Waals surface area (Å²) in [6.07, 6.45) is 10.7. The number of aliphatic carboxylic acids is 1. The van der Waals surface area contributed by atoms with Crippen molar-refractivity contribution in [2.24, 2.45) is 5.73 Å². The molecule has 1 heterocycles. The summed E-state index contributed by atoms with van der Waals surface area (Å²) in [4.78, 5) is 61.5. The average molecular weight is 898 g/mol. The van der Waals surface area contributed by atoms with Gasteiger partial charge in [-0.1, -0.05) is 92.3 Å². The minimum Gasteiger partial charge on any atom is -0.616 e. The van der Waals surface area contributed by atoms with Crippen molar-refractivity contribution in [3.8, 4) is 17.2 Å². The first-order valence-electron chi connectivity index (χ1n) is 21.0. The number of carbonyl (C=O) groups is 5. The van der Waals surface area contributed by atoms with Crippen LogP contribution in [-0.2, 0) is 54.4 Å². The average Bonchev–Trinajstić information content (AvgIpc) is 3.73. The lowest BCUT2D eigenvalue weighted by atomic mass is 10.0. The van der Waals surface area contributed by atoms with Crippen molar-refractivity contribution in [2.45, 2.75) is 101 Å². The van der Waals surface area contributed by atoms with Crippen LogP contribution in [-0.4, -0.2) is 105 Å². The number of nitrogens with one attached hydrogen (secondary N) is 4. The molecule has 1 aliphatic heterocycles. The van der Waals surface area contributed by atoms with E-state index in [-0.39, 0.29) is 30.3 Å². The topological polar surface area (TPSA) is 241 Å². The molecular weight excluding hydrogens is 835 g/mol. The Morgan fingerprint density at radius 2 is 1.42 bits per heavy atom. The Balaban J connectivity index is 0.000000390. The molecule has 0 aliphatic carbocycles. The number of unbranched alkanes of at least 4 members (excludes halogenated alkanes) is 5. The van der Waals surface area contributed by atoms with Crippen LogP contribution in [0.1, 0.15) is 75.5 Å². The third kappa shape index (κ3) is 19.8. The number of benzene rings is 3. The molecule has 5 atom stereocenters. The quantitative estimate of drug-likeness (QED) is 0.0447. The van der Waals surface area contributed by atoms with Crippen LogP contribution >= 0.6 is 11.8 Å². The number of thioether (sulfide) groups is 1. The SMILES string of the molecule is CCCCCCCC[S+]([O-])C(C)Cc1ccc2c(c1)OCO2.CSCC[C@H](NC(=O)[C@H](Cc1ccccc1)NC(=O)CNC(=O)CNC(=O)[C@@H](N)Cc1ccc(O)cc1)C(=O)O. The number of carboxylic acid groups (broad SMARTS) is 1. The molecule has 1 aliphatic rings. The maximum Gasteiger partial charge on any atom is 0.326 e. The van der Waals surface area contributed by atoms with Gasteiger partial charge in [0.1, 0.15) is 28.8 Å². The number of ether oxygens (including phenoxy) is 2. The monoisotopic (exact) mass is 897 g/mol. The van der Waals surface area contributed by atoms with E-state index >= 15 is 0 Å². The number of amides is 4. The van der Waals surface area contributed by atoms with Gasteiger partial charge in [-0.15, -0.1) is 0 Å². The highest BCUT2D eigenvalue weighted by Crippen LogP contribution is 2.33. The number of hydrogen-bond donors (Lipinski definition) is 7. The number of hydrogen-bond acceptors (Lipinski definition) is 11. The molecule has 2 unspecified atom stereocenters. The van der Waals surface area contributed by atoms with Crippen molar-refractivity contribution in [2.75, 3.05) is 37.6 Å². The second-order valence-electron chi connectivity index (χ2n) is 15.0. The number of rotatable bonds is 26. The van der Waals surface area contributed by atoms with Crippen molar-refractivity contribution in [3.05, 3.63) is 89.5 Å². The predicted molar refractivity (Wildman–Crippen MR) is 243 cm³/mol. The summed E-state index contributed by atoms with van der Waals surface area (Å²) < 4.78 is 23.0. The molecule has 8 N–H and O–H groups in total. The Bertz CT molecular complexity index is 1840. The number of carbonyl (C=O) groups excluding carboxylic acids is 4. The summed E-state index contributed by atoms with van der Waals surface area (Å²) in [5, 5.41) is 28.8. The fourth-order valence-electron chi connectivity index (χ4n) is 6.31. The second-order valence-corrected chi connectivity index (χ2v) is 18.0. The van der Waals surface area contributed by atoms with E-state index in [0.29, 0.717) is 12.5 Å². The molecule has 0 saturated carbocycles. The summed E-state index contributed by atoms with van der Waals surface area (Å²) in [5.74, 6) is -0.656. The van der Waals surface area contributed by atoms with Crippen LogP contribution in [0, 0.1) is 0 Å². The van der Waals surface area contributed by atoms with Crippen molar-refractivity contribution in [1.29, 1.82) is 0 Å². The maximum atomic E-state index is 12.9. The van der Waals surface area contributed by atoms with Gasteiger partial charge < -0.3 is 51.2 Å². The van der Waals surface area contributed by atoms with Gasteiger partial charge in [0.2, 0.25) is 30.4 Å². The molecule has 0 spiro atoms. The van der Waals surface area contributed by atoms with E-state index < -0.39 is 72.0 Å². The molecule has 0 bridgehead atoms. The number of phenolic OH excluding ortho intramolecular Hbond substituents is 1. The Kier molecular flexibility index (Phi) is 23.7. The molecule has 0 fully saturated rings. The first-order valence-corrected chi connectivity index (χ1v) is 23.8. The minimum absolute atomic E-state index is 0.0881. The Morgan fingerprint density at radius 1 is 0.774 bits per heavy atom. The lowest BCUT2D eigenvalue weighted by Crippen LogP contribution is -2.54. The molecule has 4 rings (SSSR count). The molecule has 15 nitrogen and oxygen atoms in total. The second kappa shape index (κ2) is 28.6. The van der Waals surface area contributed by atoms with Gasteiger partial charge in [-0.2, -0.15) is 11.8 Å². The van der Waals surface area contributed by atoms with Crippen LogP contribution in [0.5, 0.6) is 17.2 Å². The minimum atomic E-state index is -1.18. The highest BCUT2D eigenvalue weighted by Gasteiger charge is 2.27. The zero-order valence-corrected chi connectivity index (χ0v) is 37.5. The maximum absolute atomic E-state index is 12.9. The summed E-state index contributed by atoms with van der Waals surface area (Å²) in [5.41, 5.74) is 8.53. The van der Waals surface area contributed by atoms with Gasteiger partial charge in [0.25, 0.3) is 0 Å². The molecule has 3 aromatic carbocycles. The van der Waals surface area contributed by atoms with Gasteiger partial charge >= 0.3 is 5.97 Å². The van der Waals surface area contributed by atoms with Crippen molar-refractivity contribution >= 4 is 52.5 Å². The van der Waals surface area contributed by atoms with Gasteiger partial charge in [0.15, 0.2) is 11.5 Å². The molecular formula is C45H63N5O10S2. The highest BCUT2D eigenvalue weighted by atomic mass is 32.2. The van der Waals surface area contributed by atoms with E-state index in [1.54, 1.807) is 42.5 Å².